The van der Waals surface area contributed by atoms with Crippen LogP contribution in [0, 0.1) is 0 Å². The van der Waals surface area contributed by atoms with Gasteiger partial charge in [-0.05, 0) is 31.0 Å². The minimum atomic E-state index is -1.70. The molecule has 1 aromatic heterocycles. The Kier molecular flexibility index (Phi) is 6.15. The number of aliphatic hydroxyl groups is 1. The van der Waals surface area contributed by atoms with Gasteiger partial charge in [-0.15, -0.1) is 4.31 Å². The molecule has 0 saturated carbocycles. The molecule has 0 aliphatic carbocycles. The van der Waals surface area contributed by atoms with E-state index >= 15 is 0 Å². The molecule has 3 rings (SSSR count). The van der Waals surface area contributed by atoms with Gasteiger partial charge in [0.05, 0.1) is 26.7 Å². The molecule has 1 aromatic carbocycles. The number of fused-ring (bicyclic) bond motifs is 1. The van der Waals surface area contributed by atoms with Gasteiger partial charge in [-0.25, -0.2) is 0 Å². The van der Waals surface area contributed by atoms with Crippen LogP contribution in [0.25, 0.3) is 0 Å². The molecule has 1 aliphatic heterocycles. The average Bonchev–Trinajstić information content (AvgIpc) is 3.02. The van der Waals surface area contributed by atoms with Gasteiger partial charge in [0.1, 0.15) is 0 Å². The molecule has 0 fully saturated rings. The molecular formula is C17H21ClN4O4S. The summed E-state index contributed by atoms with van der Waals surface area (Å²) in [7, 11) is 1.48. The topological polar surface area (TPSA) is 93.9 Å². The fraction of sp³-hybridized carbons (Fsp3) is 0.412. The van der Waals surface area contributed by atoms with E-state index in [2.05, 4.69) is 4.98 Å². The molecule has 2 aromatic rings. The molecule has 10 heteroatoms. The summed E-state index contributed by atoms with van der Waals surface area (Å²) >= 11 is 4.25. The van der Waals surface area contributed by atoms with E-state index in [-0.39, 0.29) is 19.2 Å². The van der Waals surface area contributed by atoms with Crippen molar-refractivity contribution in [2.24, 2.45) is 0 Å². The third-order valence-corrected chi connectivity index (χ3v) is 5.99. The molecule has 1 atom stereocenters. The van der Waals surface area contributed by atoms with Crippen LogP contribution in [0.5, 0.6) is 6.01 Å². The fourth-order valence-corrected chi connectivity index (χ4v) is 4.29. The summed E-state index contributed by atoms with van der Waals surface area (Å²) in [6, 6.07) is 7.54. The summed E-state index contributed by atoms with van der Waals surface area (Å²) in [5.41, 5.74) is 1.24. The van der Waals surface area contributed by atoms with E-state index in [1.165, 1.54) is 11.4 Å². The zero-order chi connectivity index (χ0) is 19.6. The second-order valence-electron chi connectivity index (χ2n) is 5.89. The first kappa shape index (κ1) is 19.8. The molecule has 1 amide bonds. The zero-order valence-corrected chi connectivity index (χ0v) is 16.7. The van der Waals surface area contributed by atoms with Gasteiger partial charge in [0, 0.05) is 11.6 Å². The molecule has 2 heterocycles. The normalized spacial score (nSPS) is 16.6. The average molecular weight is 413 g/mol. The Balaban J connectivity index is 2.06. The lowest BCUT2D eigenvalue weighted by atomic mass is 10.2. The van der Waals surface area contributed by atoms with E-state index < -0.39 is 17.5 Å². The van der Waals surface area contributed by atoms with Crippen molar-refractivity contribution in [3.63, 3.8) is 0 Å². The van der Waals surface area contributed by atoms with Crippen LogP contribution in [0.3, 0.4) is 0 Å². The van der Waals surface area contributed by atoms with Crippen molar-refractivity contribution in [1.82, 2.24) is 13.9 Å². The first-order valence-corrected chi connectivity index (χ1v) is 9.97. The zero-order valence-electron chi connectivity index (χ0n) is 15.1. The van der Waals surface area contributed by atoms with Crippen molar-refractivity contribution in [2.45, 2.75) is 19.9 Å². The van der Waals surface area contributed by atoms with Gasteiger partial charge >= 0.3 is 5.91 Å². The van der Waals surface area contributed by atoms with Gasteiger partial charge in [-0.1, -0.05) is 23.7 Å². The summed E-state index contributed by atoms with van der Waals surface area (Å²) in [5.74, 6) is -0.0573. The number of halogens is 1. The molecule has 1 unspecified atom stereocenters. The van der Waals surface area contributed by atoms with Crippen molar-refractivity contribution >= 4 is 34.9 Å². The van der Waals surface area contributed by atoms with Gasteiger partial charge in [0.2, 0.25) is 17.4 Å². The highest BCUT2D eigenvalue weighted by Crippen LogP contribution is 2.35. The molecule has 8 nitrogen and oxygen atoms in total. The van der Waals surface area contributed by atoms with Crippen LogP contribution >= 0.6 is 11.6 Å². The number of carbonyl (C=O) groups excluding carboxylic acids is 1. The van der Waals surface area contributed by atoms with Crippen LogP contribution < -0.4 is 9.04 Å². The molecule has 0 saturated heterocycles. The summed E-state index contributed by atoms with van der Waals surface area (Å²) in [4.78, 5) is 17.5. The minimum Gasteiger partial charge on any atom is -0.568 e. The number of aliphatic hydroxyl groups excluding tert-OH is 1. The highest BCUT2D eigenvalue weighted by molar-refractivity contribution is 7.91. The Bertz CT molecular complexity index is 814. The van der Waals surface area contributed by atoms with Crippen molar-refractivity contribution in [3.05, 3.63) is 40.5 Å². The van der Waals surface area contributed by atoms with Gasteiger partial charge in [0.25, 0.3) is 6.01 Å². The number of ether oxygens (including phenoxy) is 1. The maximum absolute atomic E-state index is 13.1. The summed E-state index contributed by atoms with van der Waals surface area (Å²) < 4.78 is 22.6. The number of nitrogens with zero attached hydrogens (tertiary/aromatic N) is 4. The standard InChI is InChI=1S/C17H21ClN4O4S/c1-3-21-15-14(16(24)22(27(21)25)9-4-10-23)20(17(19-15)26-2)11-12-5-7-13(18)8-6-12/h5-8,23H,3-4,9-11H2,1-2H3. The molecule has 1 aliphatic rings. The number of hydrogen-bond acceptors (Lipinski definition) is 6. The van der Waals surface area contributed by atoms with Crippen LogP contribution in [-0.2, 0) is 18.1 Å². The number of carbonyl (C=O) groups is 1. The summed E-state index contributed by atoms with van der Waals surface area (Å²) in [6.07, 6.45) is 0.340. The van der Waals surface area contributed by atoms with Crippen molar-refractivity contribution in [2.75, 3.05) is 31.1 Å². The molecule has 27 heavy (non-hydrogen) atoms. The SMILES string of the molecule is CCN1c2nc(OC)n(Cc3ccc(Cl)cc3)c2C(=O)N(CCCO)[S+]1[O-]. The van der Waals surface area contributed by atoms with Gasteiger partial charge < -0.3 is 14.4 Å². The number of rotatable bonds is 7. The number of benzene rings is 1. The Morgan fingerprint density at radius 3 is 2.59 bits per heavy atom. The quantitative estimate of drug-likeness (QED) is 0.697. The van der Waals surface area contributed by atoms with Crippen molar-refractivity contribution in [1.29, 1.82) is 0 Å². The van der Waals surface area contributed by atoms with Crippen molar-refractivity contribution < 1.29 is 19.2 Å². The summed E-state index contributed by atoms with van der Waals surface area (Å²) in [6.45, 7) is 2.70. The molecule has 0 bridgehead atoms. The lowest BCUT2D eigenvalue weighted by Crippen LogP contribution is -2.52. The van der Waals surface area contributed by atoms with Crippen LogP contribution in [0.15, 0.2) is 24.3 Å². The number of aromatic nitrogens is 2. The van der Waals surface area contributed by atoms with Crippen LogP contribution in [-0.4, -0.2) is 56.2 Å². The van der Waals surface area contributed by atoms with Crippen molar-refractivity contribution in [3.8, 4) is 6.01 Å². The van der Waals surface area contributed by atoms with E-state index in [0.717, 1.165) is 5.56 Å². The monoisotopic (exact) mass is 412 g/mol. The molecular weight excluding hydrogens is 392 g/mol. The van der Waals surface area contributed by atoms with Gasteiger partial charge in [-0.2, -0.15) is 9.29 Å². The lowest BCUT2D eigenvalue weighted by Gasteiger charge is -2.34. The minimum absolute atomic E-state index is 0.0900. The third kappa shape index (κ3) is 3.73. The first-order valence-electron chi connectivity index (χ1n) is 8.53. The highest BCUT2D eigenvalue weighted by Gasteiger charge is 2.45. The largest absolute Gasteiger partial charge is 0.568 e. The van der Waals surface area contributed by atoms with E-state index in [1.54, 1.807) is 21.0 Å². The van der Waals surface area contributed by atoms with E-state index in [1.807, 2.05) is 19.1 Å². The molecule has 0 spiro atoms. The lowest BCUT2D eigenvalue weighted by molar-refractivity contribution is 0.0840. The number of methoxy groups -OCH3 is 1. The molecule has 0 radical (unpaired) electrons. The predicted octanol–water partition coefficient (Wildman–Crippen LogP) is 1.84. The first-order chi connectivity index (χ1) is 13.0. The second kappa shape index (κ2) is 8.39. The molecule has 1 N–H and O–H groups in total. The Morgan fingerprint density at radius 1 is 1.30 bits per heavy atom. The van der Waals surface area contributed by atoms with Crippen LogP contribution in [0.1, 0.15) is 29.4 Å². The maximum Gasteiger partial charge on any atom is 0.317 e. The Hall–Kier alpha value is -1.94. The number of hydrogen-bond donors (Lipinski definition) is 1. The Morgan fingerprint density at radius 2 is 2.00 bits per heavy atom. The van der Waals surface area contributed by atoms with Gasteiger partial charge in [0.15, 0.2) is 5.69 Å². The number of amides is 1. The number of imidazole rings is 1. The van der Waals surface area contributed by atoms with E-state index in [4.69, 9.17) is 21.4 Å². The predicted molar refractivity (Wildman–Crippen MR) is 103 cm³/mol. The van der Waals surface area contributed by atoms with Gasteiger partial charge in [-0.3, -0.25) is 9.36 Å². The Labute approximate surface area is 165 Å². The summed E-state index contributed by atoms with van der Waals surface area (Å²) in [5, 5.41) is 9.73. The fourth-order valence-electron chi connectivity index (χ4n) is 2.92. The van der Waals surface area contributed by atoms with E-state index in [0.29, 0.717) is 36.0 Å². The molecule has 146 valence electrons. The highest BCUT2D eigenvalue weighted by atomic mass is 35.5. The number of anilines is 1. The van der Waals surface area contributed by atoms with Crippen LogP contribution in [0.2, 0.25) is 5.02 Å². The van der Waals surface area contributed by atoms with Crippen LogP contribution in [0.4, 0.5) is 5.82 Å². The maximum atomic E-state index is 13.1. The second-order valence-corrected chi connectivity index (χ2v) is 7.67. The third-order valence-electron chi connectivity index (χ3n) is 4.20. The smallest absolute Gasteiger partial charge is 0.317 e. The van der Waals surface area contributed by atoms with E-state index in [9.17, 15) is 9.35 Å².